The van der Waals surface area contributed by atoms with Crippen LogP contribution >= 0.6 is 11.8 Å². The van der Waals surface area contributed by atoms with Crippen LogP contribution in [0.15, 0.2) is 64.7 Å². The number of halogens is 2. The van der Waals surface area contributed by atoms with Crippen LogP contribution in [0.2, 0.25) is 0 Å². The van der Waals surface area contributed by atoms with Gasteiger partial charge in [-0.15, -0.1) is 0 Å². The maximum absolute atomic E-state index is 13.2. The van der Waals surface area contributed by atoms with E-state index < -0.39 is 29.0 Å². The molecule has 4 aromatic rings. The van der Waals surface area contributed by atoms with Crippen LogP contribution < -0.4 is 16.2 Å². The molecule has 0 unspecified atom stereocenters. The lowest BCUT2D eigenvalue weighted by Gasteiger charge is -2.07. The Labute approximate surface area is 189 Å². The Hall–Kier alpha value is -4.06. The number of nitrogens with zero attached hydrogens (tertiary/aromatic N) is 3. The molecule has 168 valence electrons. The monoisotopic (exact) mass is 470 g/mol. The second kappa shape index (κ2) is 9.61. The Morgan fingerprint density at radius 1 is 1.06 bits per heavy atom. The predicted molar refractivity (Wildman–Crippen MR) is 118 cm³/mol. The van der Waals surface area contributed by atoms with Gasteiger partial charge in [0.2, 0.25) is 11.8 Å². The van der Waals surface area contributed by atoms with Crippen molar-refractivity contribution >= 4 is 40.3 Å². The molecule has 2 heterocycles. The van der Waals surface area contributed by atoms with Crippen molar-refractivity contribution in [2.75, 3.05) is 17.6 Å². The molecule has 0 spiro atoms. The number of H-pyrrole nitrogens is 1. The highest BCUT2D eigenvalue weighted by atomic mass is 32.2. The number of amides is 2. The summed E-state index contributed by atoms with van der Waals surface area (Å²) < 4.78 is 27.7. The van der Waals surface area contributed by atoms with Gasteiger partial charge in [0, 0.05) is 11.8 Å². The Kier molecular flexibility index (Phi) is 6.45. The van der Waals surface area contributed by atoms with E-state index in [2.05, 4.69) is 25.7 Å². The number of benzene rings is 2. The van der Waals surface area contributed by atoms with Gasteiger partial charge in [-0.1, -0.05) is 30.0 Å². The molecule has 0 saturated carbocycles. The standard InChI is InChI=1S/C21H16F2N6O3S/c22-15-7-6-12(8-16(15)23)26-17(30)10-24-18(31)11-33-21-27-19-14(20(32)28-21)9-25-29(19)13-4-2-1-3-5-13/h1-9H,10-11H2,(H,24,31)(H,26,30)(H,27,28,32). The zero-order valence-electron chi connectivity index (χ0n) is 16.8. The van der Waals surface area contributed by atoms with E-state index in [1.807, 2.05) is 30.3 Å². The lowest BCUT2D eigenvalue weighted by molar-refractivity contribution is -0.122. The van der Waals surface area contributed by atoms with E-state index in [1.165, 1.54) is 16.9 Å². The highest BCUT2D eigenvalue weighted by molar-refractivity contribution is 7.99. The summed E-state index contributed by atoms with van der Waals surface area (Å²) in [6.07, 6.45) is 1.42. The largest absolute Gasteiger partial charge is 0.346 e. The molecule has 9 nitrogen and oxygen atoms in total. The van der Waals surface area contributed by atoms with E-state index in [1.54, 1.807) is 0 Å². The minimum Gasteiger partial charge on any atom is -0.346 e. The number of fused-ring (bicyclic) bond motifs is 1. The molecule has 0 atom stereocenters. The summed E-state index contributed by atoms with van der Waals surface area (Å²) in [6.45, 7) is -0.373. The van der Waals surface area contributed by atoms with Gasteiger partial charge in [0.25, 0.3) is 5.56 Å². The SMILES string of the molecule is O=C(CSc1nc2c(cnn2-c2ccccc2)c(=O)[nH]1)NCC(=O)Nc1ccc(F)c(F)c1. The van der Waals surface area contributed by atoms with Crippen LogP contribution in [0.25, 0.3) is 16.7 Å². The third-order valence-electron chi connectivity index (χ3n) is 4.41. The highest BCUT2D eigenvalue weighted by Gasteiger charge is 2.13. The first-order valence-corrected chi connectivity index (χ1v) is 10.6. The van der Waals surface area contributed by atoms with Gasteiger partial charge in [0.15, 0.2) is 22.4 Å². The zero-order valence-corrected chi connectivity index (χ0v) is 17.7. The number of carbonyl (C=O) groups is 2. The molecule has 4 rings (SSSR count). The molecule has 0 saturated heterocycles. The lowest BCUT2D eigenvalue weighted by atomic mass is 10.3. The maximum atomic E-state index is 13.2. The summed E-state index contributed by atoms with van der Waals surface area (Å²) in [4.78, 5) is 43.3. The number of rotatable bonds is 7. The summed E-state index contributed by atoms with van der Waals surface area (Å²) >= 11 is 0.981. The predicted octanol–water partition coefficient (Wildman–Crippen LogP) is 2.23. The molecule has 33 heavy (non-hydrogen) atoms. The van der Waals surface area contributed by atoms with Crippen LogP contribution in [0.1, 0.15) is 0 Å². The van der Waals surface area contributed by atoms with Crippen molar-refractivity contribution in [1.29, 1.82) is 0 Å². The number of nitrogens with one attached hydrogen (secondary N) is 3. The van der Waals surface area contributed by atoms with E-state index in [4.69, 9.17) is 0 Å². The molecule has 0 fully saturated rings. The Bertz CT molecular complexity index is 1390. The Morgan fingerprint density at radius 3 is 2.61 bits per heavy atom. The van der Waals surface area contributed by atoms with Gasteiger partial charge in [-0.2, -0.15) is 5.10 Å². The fraction of sp³-hybridized carbons (Fsp3) is 0.0952. The van der Waals surface area contributed by atoms with Gasteiger partial charge in [0.05, 0.1) is 24.2 Å². The number of thioether (sulfide) groups is 1. The fourth-order valence-corrected chi connectivity index (χ4v) is 3.55. The molecule has 3 N–H and O–H groups in total. The molecule has 12 heteroatoms. The van der Waals surface area contributed by atoms with Crippen molar-refractivity contribution in [3.63, 3.8) is 0 Å². The first-order chi connectivity index (χ1) is 15.9. The molecule has 0 aliphatic carbocycles. The highest BCUT2D eigenvalue weighted by Crippen LogP contribution is 2.17. The third-order valence-corrected chi connectivity index (χ3v) is 5.28. The van der Waals surface area contributed by atoms with Crippen LogP contribution in [0.5, 0.6) is 0 Å². The molecular formula is C21H16F2N6O3S. The smallest absolute Gasteiger partial charge is 0.262 e. The number of aromatic amines is 1. The van der Waals surface area contributed by atoms with Gasteiger partial charge in [-0.25, -0.2) is 18.4 Å². The molecule has 0 bridgehead atoms. The summed E-state index contributed by atoms with van der Waals surface area (Å²) in [6, 6.07) is 12.1. The van der Waals surface area contributed by atoms with Gasteiger partial charge in [0.1, 0.15) is 5.39 Å². The molecule has 0 aliphatic rings. The van der Waals surface area contributed by atoms with Gasteiger partial charge in [-0.3, -0.25) is 14.4 Å². The number of aromatic nitrogens is 4. The molecule has 2 aromatic carbocycles. The summed E-state index contributed by atoms with van der Waals surface area (Å²) in [5.74, 6) is -3.35. The maximum Gasteiger partial charge on any atom is 0.262 e. The number of para-hydroxylation sites is 1. The van der Waals surface area contributed by atoms with Crippen molar-refractivity contribution in [3.8, 4) is 5.69 Å². The second-order valence-corrected chi connectivity index (χ2v) is 7.71. The van der Waals surface area contributed by atoms with Crippen molar-refractivity contribution in [2.24, 2.45) is 0 Å². The first-order valence-electron chi connectivity index (χ1n) is 9.58. The summed E-state index contributed by atoms with van der Waals surface area (Å²) in [5.41, 5.74) is 0.744. The summed E-state index contributed by atoms with van der Waals surface area (Å²) in [5, 5.41) is 9.49. The molecule has 2 aromatic heterocycles. The van der Waals surface area contributed by atoms with E-state index in [0.717, 1.165) is 29.6 Å². The van der Waals surface area contributed by atoms with Gasteiger partial charge >= 0.3 is 0 Å². The number of anilines is 1. The summed E-state index contributed by atoms with van der Waals surface area (Å²) in [7, 11) is 0. The first kappa shape index (κ1) is 22.1. The minimum atomic E-state index is -1.10. The van der Waals surface area contributed by atoms with Crippen LogP contribution in [0.3, 0.4) is 0 Å². The molecule has 0 radical (unpaired) electrons. The van der Waals surface area contributed by atoms with Crippen LogP contribution in [0.4, 0.5) is 14.5 Å². The van der Waals surface area contributed by atoms with Crippen LogP contribution in [0, 0.1) is 11.6 Å². The van der Waals surface area contributed by atoms with Gasteiger partial charge in [-0.05, 0) is 24.3 Å². The average Bonchev–Trinajstić information content (AvgIpc) is 3.24. The van der Waals surface area contributed by atoms with Crippen molar-refractivity contribution in [3.05, 3.63) is 76.7 Å². The van der Waals surface area contributed by atoms with E-state index in [-0.39, 0.29) is 23.1 Å². The number of hydrogen-bond donors (Lipinski definition) is 3. The van der Waals surface area contributed by atoms with E-state index in [0.29, 0.717) is 11.0 Å². The van der Waals surface area contributed by atoms with Gasteiger partial charge < -0.3 is 15.6 Å². The normalized spacial score (nSPS) is 10.8. The zero-order chi connectivity index (χ0) is 23.4. The third kappa shape index (κ3) is 5.23. The van der Waals surface area contributed by atoms with Crippen molar-refractivity contribution in [1.82, 2.24) is 25.1 Å². The number of hydrogen-bond acceptors (Lipinski definition) is 6. The minimum absolute atomic E-state index is 0.0626. The number of carbonyl (C=O) groups excluding carboxylic acids is 2. The Morgan fingerprint density at radius 2 is 1.85 bits per heavy atom. The molecular weight excluding hydrogens is 454 g/mol. The molecule has 0 aliphatic heterocycles. The van der Waals surface area contributed by atoms with E-state index in [9.17, 15) is 23.2 Å². The Balaban J connectivity index is 1.36. The lowest BCUT2D eigenvalue weighted by Crippen LogP contribution is -2.34. The van der Waals surface area contributed by atoms with Crippen molar-refractivity contribution < 1.29 is 18.4 Å². The quantitative estimate of drug-likeness (QED) is 0.281. The average molecular weight is 470 g/mol. The van der Waals surface area contributed by atoms with Crippen LogP contribution in [-0.4, -0.2) is 43.9 Å². The second-order valence-electron chi connectivity index (χ2n) is 6.74. The van der Waals surface area contributed by atoms with E-state index >= 15 is 0 Å². The topological polar surface area (TPSA) is 122 Å². The molecule has 2 amide bonds. The van der Waals surface area contributed by atoms with Crippen LogP contribution in [-0.2, 0) is 9.59 Å². The van der Waals surface area contributed by atoms with Crippen molar-refractivity contribution in [2.45, 2.75) is 5.16 Å². The fourth-order valence-electron chi connectivity index (χ4n) is 2.87.